The first-order valence-corrected chi connectivity index (χ1v) is 9.23. The van der Waals surface area contributed by atoms with Crippen LogP contribution in [0.4, 0.5) is 0 Å². The highest BCUT2D eigenvalue weighted by molar-refractivity contribution is 5.92. The maximum atomic E-state index is 12.7. The number of hydrogen-bond donors (Lipinski definition) is 0. The second-order valence-corrected chi connectivity index (χ2v) is 7.04. The van der Waals surface area contributed by atoms with Crippen LogP contribution in [0.15, 0.2) is 28.9 Å². The van der Waals surface area contributed by atoms with Gasteiger partial charge in [-0.05, 0) is 38.4 Å². The summed E-state index contributed by atoms with van der Waals surface area (Å²) in [5.41, 5.74) is 1.29. The fraction of sp³-hybridized carbons (Fsp3) is 0.526. The SMILES string of the molecule is Cc1ccc(OCc2cc(C(=O)N3CCN4CCCCC4C3)no2)cn1. The molecule has 0 spiro atoms. The summed E-state index contributed by atoms with van der Waals surface area (Å²) in [6.45, 7) is 5.79. The maximum absolute atomic E-state index is 12.7. The summed E-state index contributed by atoms with van der Waals surface area (Å²) < 4.78 is 10.9. The molecular formula is C19H24N4O3. The van der Waals surface area contributed by atoms with Crippen molar-refractivity contribution in [2.75, 3.05) is 26.2 Å². The Morgan fingerprint density at radius 2 is 2.23 bits per heavy atom. The zero-order valence-electron chi connectivity index (χ0n) is 15.1. The average molecular weight is 356 g/mol. The van der Waals surface area contributed by atoms with Crippen molar-refractivity contribution < 1.29 is 14.1 Å². The number of fused-ring (bicyclic) bond motifs is 1. The monoisotopic (exact) mass is 356 g/mol. The van der Waals surface area contributed by atoms with Crippen LogP contribution in [0.1, 0.15) is 41.2 Å². The van der Waals surface area contributed by atoms with Gasteiger partial charge in [-0.2, -0.15) is 0 Å². The number of rotatable bonds is 4. The number of carbonyl (C=O) groups excluding carboxylic acids is 1. The molecule has 0 bridgehead atoms. The fourth-order valence-electron chi connectivity index (χ4n) is 3.68. The topological polar surface area (TPSA) is 71.7 Å². The lowest BCUT2D eigenvalue weighted by Crippen LogP contribution is -2.56. The molecule has 4 heterocycles. The van der Waals surface area contributed by atoms with E-state index in [1.165, 1.54) is 19.3 Å². The molecule has 2 aliphatic rings. The van der Waals surface area contributed by atoms with Crippen molar-refractivity contribution >= 4 is 5.91 Å². The minimum Gasteiger partial charge on any atom is -0.484 e. The Hall–Kier alpha value is -2.41. The van der Waals surface area contributed by atoms with Gasteiger partial charge in [-0.15, -0.1) is 0 Å². The molecule has 2 aromatic heterocycles. The van der Waals surface area contributed by atoms with E-state index in [1.54, 1.807) is 12.3 Å². The van der Waals surface area contributed by atoms with E-state index in [1.807, 2.05) is 24.0 Å². The van der Waals surface area contributed by atoms with Crippen molar-refractivity contribution in [1.29, 1.82) is 0 Å². The number of ether oxygens (including phenoxy) is 1. The largest absolute Gasteiger partial charge is 0.484 e. The van der Waals surface area contributed by atoms with Gasteiger partial charge in [0.15, 0.2) is 11.5 Å². The van der Waals surface area contributed by atoms with E-state index in [2.05, 4.69) is 15.0 Å². The summed E-state index contributed by atoms with van der Waals surface area (Å²) in [4.78, 5) is 21.3. The van der Waals surface area contributed by atoms with Crippen LogP contribution >= 0.6 is 0 Å². The molecule has 1 unspecified atom stereocenters. The van der Waals surface area contributed by atoms with Gasteiger partial charge in [-0.3, -0.25) is 14.7 Å². The van der Waals surface area contributed by atoms with Gasteiger partial charge in [-0.25, -0.2) is 0 Å². The van der Waals surface area contributed by atoms with Crippen LogP contribution in [0.2, 0.25) is 0 Å². The molecule has 0 N–H and O–H groups in total. The van der Waals surface area contributed by atoms with Crippen LogP contribution in [0.5, 0.6) is 5.75 Å². The number of piperazine rings is 1. The van der Waals surface area contributed by atoms with Crippen molar-refractivity contribution in [3.63, 3.8) is 0 Å². The quantitative estimate of drug-likeness (QED) is 0.837. The van der Waals surface area contributed by atoms with E-state index >= 15 is 0 Å². The van der Waals surface area contributed by atoms with Gasteiger partial charge in [0.1, 0.15) is 12.4 Å². The van der Waals surface area contributed by atoms with Crippen molar-refractivity contribution in [3.8, 4) is 5.75 Å². The first-order valence-electron chi connectivity index (χ1n) is 9.23. The number of aryl methyl sites for hydroxylation is 1. The third-order valence-corrected chi connectivity index (χ3v) is 5.17. The second-order valence-electron chi connectivity index (χ2n) is 7.04. The summed E-state index contributed by atoms with van der Waals surface area (Å²) in [7, 11) is 0. The van der Waals surface area contributed by atoms with Gasteiger partial charge in [-0.1, -0.05) is 11.6 Å². The number of hydrogen-bond acceptors (Lipinski definition) is 6. The molecule has 0 radical (unpaired) electrons. The van der Waals surface area contributed by atoms with E-state index in [-0.39, 0.29) is 12.5 Å². The Morgan fingerprint density at radius 1 is 1.31 bits per heavy atom. The Balaban J connectivity index is 1.34. The molecule has 138 valence electrons. The van der Waals surface area contributed by atoms with Crippen molar-refractivity contribution in [1.82, 2.24) is 19.9 Å². The maximum Gasteiger partial charge on any atom is 0.276 e. The molecule has 2 saturated heterocycles. The molecule has 26 heavy (non-hydrogen) atoms. The van der Waals surface area contributed by atoms with E-state index in [0.717, 1.165) is 31.9 Å². The molecule has 1 atom stereocenters. The molecular weight excluding hydrogens is 332 g/mol. The lowest BCUT2D eigenvalue weighted by atomic mass is 9.99. The van der Waals surface area contributed by atoms with Crippen LogP contribution in [0, 0.1) is 6.92 Å². The predicted octanol–water partition coefficient (Wildman–Crippen LogP) is 2.27. The molecule has 2 fully saturated rings. The number of pyridine rings is 1. The van der Waals surface area contributed by atoms with Crippen LogP contribution < -0.4 is 4.74 Å². The van der Waals surface area contributed by atoms with Crippen LogP contribution in [-0.4, -0.2) is 58.1 Å². The van der Waals surface area contributed by atoms with Crippen LogP contribution in [0.3, 0.4) is 0 Å². The summed E-state index contributed by atoms with van der Waals surface area (Å²) in [6.07, 6.45) is 5.36. The Morgan fingerprint density at radius 3 is 3.08 bits per heavy atom. The summed E-state index contributed by atoms with van der Waals surface area (Å²) >= 11 is 0. The van der Waals surface area contributed by atoms with Gasteiger partial charge in [0.25, 0.3) is 5.91 Å². The molecule has 2 aliphatic heterocycles. The number of amides is 1. The van der Waals surface area contributed by atoms with Gasteiger partial charge in [0, 0.05) is 37.4 Å². The minimum absolute atomic E-state index is 0.0535. The van der Waals surface area contributed by atoms with Crippen LogP contribution in [-0.2, 0) is 6.61 Å². The molecule has 0 aliphatic carbocycles. The normalized spacial score (nSPS) is 20.7. The Kier molecular flexibility index (Phi) is 4.88. The standard InChI is InChI=1S/C19H24N4O3/c1-14-5-6-16(11-20-14)25-13-17-10-18(21-26-17)19(24)23-9-8-22-7-3-2-4-15(22)12-23/h5-6,10-11,15H,2-4,7-9,12-13H2,1H3. The average Bonchev–Trinajstić information content (AvgIpc) is 3.15. The number of piperidine rings is 1. The molecule has 7 nitrogen and oxygen atoms in total. The zero-order valence-corrected chi connectivity index (χ0v) is 15.1. The molecule has 1 amide bonds. The molecule has 7 heteroatoms. The third kappa shape index (κ3) is 3.72. The van der Waals surface area contributed by atoms with Gasteiger partial charge in [0.05, 0.1) is 6.20 Å². The zero-order chi connectivity index (χ0) is 17.9. The smallest absolute Gasteiger partial charge is 0.276 e. The van der Waals surface area contributed by atoms with E-state index in [9.17, 15) is 4.79 Å². The van der Waals surface area contributed by atoms with Crippen molar-refractivity contribution in [2.24, 2.45) is 0 Å². The highest BCUT2D eigenvalue weighted by atomic mass is 16.5. The molecule has 0 aromatic carbocycles. The second kappa shape index (κ2) is 7.45. The molecule has 2 aromatic rings. The highest BCUT2D eigenvalue weighted by Crippen LogP contribution is 2.22. The lowest BCUT2D eigenvalue weighted by molar-refractivity contribution is 0.0365. The summed E-state index contributed by atoms with van der Waals surface area (Å²) in [5, 5.41) is 3.95. The highest BCUT2D eigenvalue weighted by Gasteiger charge is 2.32. The Bertz CT molecular complexity index is 758. The van der Waals surface area contributed by atoms with E-state index in [0.29, 0.717) is 23.2 Å². The number of aromatic nitrogens is 2. The van der Waals surface area contributed by atoms with Crippen molar-refractivity contribution in [2.45, 2.75) is 38.8 Å². The first kappa shape index (κ1) is 17.0. The third-order valence-electron chi connectivity index (χ3n) is 5.17. The summed E-state index contributed by atoms with van der Waals surface area (Å²) in [6, 6.07) is 5.91. The number of carbonyl (C=O) groups is 1. The summed E-state index contributed by atoms with van der Waals surface area (Å²) in [5.74, 6) is 1.14. The van der Waals surface area contributed by atoms with Gasteiger partial charge < -0.3 is 14.2 Å². The van der Waals surface area contributed by atoms with Crippen LogP contribution in [0.25, 0.3) is 0 Å². The van der Waals surface area contributed by atoms with Gasteiger partial charge >= 0.3 is 0 Å². The predicted molar refractivity (Wildman–Crippen MR) is 94.9 cm³/mol. The lowest BCUT2D eigenvalue weighted by Gasteiger charge is -2.43. The minimum atomic E-state index is -0.0535. The fourth-order valence-corrected chi connectivity index (χ4v) is 3.68. The first-order chi connectivity index (χ1) is 12.7. The van der Waals surface area contributed by atoms with Crippen molar-refractivity contribution in [3.05, 3.63) is 41.5 Å². The Labute approximate surface area is 152 Å². The van der Waals surface area contributed by atoms with Gasteiger partial charge in [0.2, 0.25) is 0 Å². The van der Waals surface area contributed by atoms with E-state index < -0.39 is 0 Å². The molecule has 0 saturated carbocycles. The number of nitrogens with zero attached hydrogens (tertiary/aromatic N) is 4. The van der Waals surface area contributed by atoms with E-state index in [4.69, 9.17) is 9.26 Å². The molecule has 4 rings (SSSR count).